The molecule has 0 radical (unpaired) electrons. The van der Waals surface area contributed by atoms with E-state index in [1.807, 2.05) is 6.92 Å². The molecule has 4 atom stereocenters. The molecule has 0 saturated heterocycles. The lowest BCUT2D eigenvalue weighted by atomic mass is 9.70. The van der Waals surface area contributed by atoms with Crippen molar-refractivity contribution in [1.29, 1.82) is 0 Å². The fourth-order valence-corrected chi connectivity index (χ4v) is 11.1. The molecule has 3 aromatic carbocycles. The molecule has 3 aliphatic rings. The topological polar surface area (TPSA) is 129 Å². The van der Waals surface area contributed by atoms with E-state index in [-0.39, 0.29) is 17.1 Å². The highest BCUT2D eigenvalue weighted by atomic mass is 79.9. The van der Waals surface area contributed by atoms with Crippen LogP contribution in [0, 0.1) is 35.8 Å². The number of non-ortho nitro benzene ring substituents is 3. The molecule has 176 valence electrons. The zero-order chi connectivity index (χ0) is 25.3. The maximum Gasteiger partial charge on any atom is 0.269 e. The molecule has 0 saturated carbocycles. The van der Waals surface area contributed by atoms with Gasteiger partial charge < -0.3 is 0 Å². The largest absolute Gasteiger partial charge is 0.269 e. The Hall–Kier alpha value is -2.70. The van der Waals surface area contributed by atoms with Crippen LogP contribution in [0.15, 0.2) is 54.6 Å². The van der Waals surface area contributed by atoms with Crippen LogP contribution in [0.25, 0.3) is 0 Å². The van der Waals surface area contributed by atoms with Crippen molar-refractivity contribution in [2.24, 2.45) is 5.41 Å². The number of nitro benzene ring substituents is 3. The number of nitrogens with zero attached hydrogens (tertiary/aromatic N) is 3. The second-order valence-corrected chi connectivity index (χ2v) is 12.6. The molecule has 35 heavy (non-hydrogen) atoms. The van der Waals surface area contributed by atoms with E-state index in [4.69, 9.17) is 0 Å². The minimum absolute atomic E-state index is 0.0818. The molecular formula is C23H12Br3N3O6. The highest BCUT2D eigenvalue weighted by Gasteiger charge is 2.83. The summed E-state index contributed by atoms with van der Waals surface area (Å²) in [6.07, 6.45) is 0. The van der Waals surface area contributed by atoms with Gasteiger partial charge in [0.15, 0.2) is 0 Å². The summed E-state index contributed by atoms with van der Waals surface area (Å²) in [6, 6.07) is 13.9. The Labute approximate surface area is 222 Å². The number of halogens is 3. The van der Waals surface area contributed by atoms with Crippen molar-refractivity contribution in [1.82, 2.24) is 0 Å². The lowest BCUT2D eigenvalue weighted by Crippen LogP contribution is -2.47. The summed E-state index contributed by atoms with van der Waals surface area (Å²) in [6.45, 7) is 1.98. The molecule has 0 fully saturated rings. The highest BCUT2D eigenvalue weighted by Crippen LogP contribution is 2.87. The van der Waals surface area contributed by atoms with Crippen molar-refractivity contribution in [2.45, 2.75) is 19.9 Å². The second kappa shape index (κ2) is 6.54. The van der Waals surface area contributed by atoms with Crippen LogP contribution in [-0.2, 0) is 13.0 Å². The molecule has 9 nitrogen and oxygen atoms in total. The average molecular weight is 666 g/mol. The molecule has 3 aliphatic carbocycles. The van der Waals surface area contributed by atoms with E-state index in [9.17, 15) is 30.3 Å². The molecule has 0 aromatic heterocycles. The molecule has 3 aromatic rings. The Kier molecular flexibility index (Phi) is 4.25. The van der Waals surface area contributed by atoms with Gasteiger partial charge in [0, 0.05) is 41.8 Å². The van der Waals surface area contributed by atoms with Gasteiger partial charge in [-0.1, -0.05) is 72.9 Å². The minimum atomic E-state index is -1.11. The molecule has 0 aliphatic heterocycles. The lowest BCUT2D eigenvalue weighted by Gasteiger charge is -2.45. The van der Waals surface area contributed by atoms with Crippen LogP contribution < -0.4 is 0 Å². The van der Waals surface area contributed by atoms with Crippen molar-refractivity contribution in [3.05, 3.63) is 118 Å². The van der Waals surface area contributed by atoms with E-state index in [2.05, 4.69) is 47.8 Å². The van der Waals surface area contributed by atoms with Gasteiger partial charge in [-0.2, -0.15) is 0 Å². The standard InChI is InChI=1S/C23H12Br3N3O6/c1-20-21(24)14-5-2-11(27(30)31)8-17(14)22(20,25)16-7-4-13(29(34)35)10-19(16)23(20,26)18-9-12(28(32)33)3-6-15(18)21/h2-10H,1H3/t20?,21-,22-,23-/m0/s1. The smallest absolute Gasteiger partial charge is 0.258 e. The summed E-state index contributed by atoms with van der Waals surface area (Å²) in [5.74, 6) is 0. The summed E-state index contributed by atoms with van der Waals surface area (Å²) in [5, 5.41) is 35.1. The van der Waals surface area contributed by atoms with Gasteiger partial charge in [0.2, 0.25) is 0 Å². The SMILES string of the molecule is CC12[C@@]3(Br)c4ccc([N+](=O)[O-])cc4[C@]1(Br)c1cc([N+](=O)[O-])ccc1[C@]2(Br)c1cc([N+](=O)[O-])ccc13. The number of hydrogen-bond donors (Lipinski definition) is 0. The van der Waals surface area contributed by atoms with Crippen molar-refractivity contribution in [2.75, 3.05) is 0 Å². The molecule has 1 unspecified atom stereocenters. The normalized spacial score (nSPS) is 30.9. The van der Waals surface area contributed by atoms with Gasteiger partial charge >= 0.3 is 0 Å². The number of rotatable bonds is 3. The first-order valence-corrected chi connectivity index (χ1v) is 12.7. The summed E-state index contributed by atoms with van der Waals surface area (Å²) < 4.78 is -3.06. The summed E-state index contributed by atoms with van der Waals surface area (Å²) in [5.41, 5.74) is 2.85. The van der Waals surface area contributed by atoms with Crippen molar-refractivity contribution in [3.8, 4) is 0 Å². The van der Waals surface area contributed by atoms with Crippen LogP contribution in [0.2, 0.25) is 0 Å². The molecule has 0 N–H and O–H groups in total. The van der Waals surface area contributed by atoms with E-state index in [0.717, 1.165) is 11.1 Å². The molecule has 6 rings (SSSR count). The summed E-state index contributed by atoms with van der Waals surface area (Å²) >= 11 is 11.9. The third-order valence-corrected chi connectivity index (χ3v) is 12.9. The van der Waals surface area contributed by atoms with Gasteiger partial charge in [-0.3, -0.25) is 30.3 Å². The monoisotopic (exact) mass is 663 g/mol. The highest BCUT2D eigenvalue weighted by molar-refractivity contribution is 9.11. The molecule has 0 heterocycles. The number of fused-ring (bicyclic) bond motifs is 9. The number of hydrogen-bond acceptors (Lipinski definition) is 6. The fraction of sp³-hybridized carbons (Fsp3) is 0.217. The van der Waals surface area contributed by atoms with Gasteiger partial charge in [0.1, 0.15) is 0 Å². The van der Waals surface area contributed by atoms with Gasteiger partial charge in [0.25, 0.3) is 17.1 Å². The Morgan fingerprint density at radius 2 is 0.800 bits per heavy atom. The van der Waals surface area contributed by atoms with Crippen molar-refractivity contribution >= 4 is 64.9 Å². The van der Waals surface area contributed by atoms with E-state index in [0.29, 0.717) is 22.3 Å². The average Bonchev–Trinajstić information content (AvgIpc) is 3.18. The van der Waals surface area contributed by atoms with Crippen LogP contribution in [0.5, 0.6) is 0 Å². The minimum Gasteiger partial charge on any atom is -0.258 e. The first-order chi connectivity index (χ1) is 16.3. The number of benzene rings is 3. The quantitative estimate of drug-likeness (QED) is 0.174. The van der Waals surface area contributed by atoms with Crippen LogP contribution in [-0.4, -0.2) is 14.8 Å². The molecule has 12 heteroatoms. The zero-order valence-electron chi connectivity index (χ0n) is 17.6. The summed E-state index contributed by atoms with van der Waals surface area (Å²) in [4.78, 5) is 33.6. The van der Waals surface area contributed by atoms with Gasteiger partial charge in [-0.25, -0.2) is 0 Å². The third kappa shape index (κ3) is 2.17. The Morgan fingerprint density at radius 1 is 0.543 bits per heavy atom. The molecule has 0 amide bonds. The van der Waals surface area contributed by atoms with E-state index in [1.165, 1.54) is 36.4 Å². The Morgan fingerprint density at radius 3 is 1.09 bits per heavy atom. The van der Waals surface area contributed by atoms with Crippen molar-refractivity contribution in [3.63, 3.8) is 0 Å². The summed E-state index contributed by atoms with van der Waals surface area (Å²) in [7, 11) is 0. The number of alkyl halides is 3. The first-order valence-electron chi connectivity index (χ1n) is 10.3. The first kappa shape index (κ1) is 22.7. The molecule has 0 spiro atoms. The number of nitro groups is 3. The third-order valence-electron chi connectivity index (χ3n) is 7.94. The van der Waals surface area contributed by atoms with Gasteiger partial charge in [-0.05, 0) is 33.4 Å². The van der Waals surface area contributed by atoms with Crippen LogP contribution in [0.4, 0.5) is 17.1 Å². The van der Waals surface area contributed by atoms with Gasteiger partial charge in [0.05, 0.1) is 27.7 Å². The van der Waals surface area contributed by atoms with Crippen molar-refractivity contribution < 1.29 is 14.8 Å². The predicted molar refractivity (Wildman–Crippen MR) is 137 cm³/mol. The Bertz CT molecular complexity index is 1580. The van der Waals surface area contributed by atoms with E-state index in [1.54, 1.807) is 18.2 Å². The van der Waals surface area contributed by atoms with Crippen LogP contribution in [0.1, 0.15) is 40.3 Å². The zero-order valence-corrected chi connectivity index (χ0v) is 22.4. The predicted octanol–water partition coefficient (Wildman–Crippen LogP) is 6.67. The van der Waals surface area contributed by atoms with Crippen LogP contribution >= 0.6 is 47.8 Å². The van der Waals surface area contributed by atoms with Crippen LogP contribution in [0.3, 0.4) is 0 Å². The maximum atomic E-state index is 11.7. The van der Waals surface area contributed by atoms with E-state index < -0.39 is 33.2 Å². The fourth-order valence-electron chi connectivity index (χ4n) is 6.46. The molecular weight excluding hydrogens is 654 g/mol. The van der Waals surface area contributed by atoms with E-state index >= 15 is 0 Å². The lowest BCUT2D eigenvalue weighted by molar-refractivity contribution is -0.385. The molecule has 0 bridgehead atoms. The second-order valence-electron chi connectivity index (χ2n) is 9.06. The Balaban J connectivity index is 1.84. The van der Waals surface area contributed by atoms with Gasteiger partial charge in [-0.15, -0.1) is 0 Å². The maximum absolute atomic E-state index is 11.7.